The van der Waals surface area contributed by atoms with Gasteiger partial charge >= 0.3 is 0 Å². The molecule has 4 heteroatoms. The number of carbonyl (C=O) groups is 1. The molecule has 14 heavy (non-hydrogen) atoms. The summed E-state index contributed by atoms with van der Waals surface area (Å²) in [6.07, 6.45) is 1.85. The zero-order chi connectivity index (χ0) is 9.68. The first kappa shape index (κ1) is 13.7. The van der Waals surface area contributed by atoms with Gasteiger partial charge in [0, 0.05) is 13.0 Å². The van der Waals surface area contributed by atoms with Gasteiger partial charge in [-0.15, -0.1) is 12.4 Å². The second-order valence-electron chi connectivity index (χ2n) is 4.26. The number of nitrogens with one attached hydrogen (secondary N) is 2. The van der Waals surface area contributed by atoms with Crippen molar-refractivity contribution in [1.29, 1.82) is 0 Å². The van der Waals surface area contributed by atoms with Crippen molar-refractivity contribution in [2.75, 3.05) is 19.6 Å². The summed E-state index contributed by atoms with van der Waals surface area (Å²) in [5, 5.41) is 6.26. The van der Waals surface area contributed by atoms with E-state index in [2.05, 4.69) is 24.5 Å². The molecule has 1 saturated heterocycles. The largest absolute Gasteiger partial charge is 0.356 e. The average Bonchev–Trinajstić information content (AvgIpc) is 2.51. The van der Waals surface area contributed by atoms with Crippen LogP contribution in [0.3, 0.4) is 0 Å². The highest BCUT2D eigenvalue weighted by molar-refractivity contribution is 5.85. The standard InChI is InChI=1S/C10H20N2O.ClH/c1-8(2)5-10(13)12-7-9-3-4-11-6-9;/h8-9,11H,3-7H2,1-2H3,(H,12,13);1H/t9-;/m1./s1. The summed E-state index contributed by atoms with van der Waals surface area (Å²) in [7, 11) is 0. The molecule has 0 aromatic heterocycles. The number of hydrogen-bond acceptors (Lipinski definition) is 2. The molecule has 1 aliphatic rings. The van der Waals surface area contributed by atoms with Crippen LogP contribution in [-0.2, 0) is 4.79 Å². The lowest BCUT2D eigenvalue weighted by atomic mass is 10.1. The Bertz CT molecular complexity index is 168. The van der Waals surface area contributed by atoms with E-state index in [0.29, 0.717) is 18.3 Å². The van der Waals surface area contributed by atoms with Crippen LogP contribution in [0.2, 0.25) is 0 Å². The summed E-state index contributed by atoms with van der Waals surface area (Å²) in [5.41, 5.74) is 0. The van der Waals surface area contributed by atoms with E-state index in [1.54, 1.807) is 0 Å². The number of hydrogen-bond donors (Lipinski definition) is 2. The minimum atomic E-state index is 0. The normalized spacial score (nSPS) is 20.6. The molecule has 0 aromatic carbocycles. The van der Waals surface area contributed by atoms with Crippen LogP contribution in [0.1, 0.15) is 26.7 Å². The van der Waals surface area contributed by atoms with Crippen LogP contribution in [0.25, 0.3) is 0 Å². The van der Waals surface area contributed by atoms with Gasteiger partial charge in [-0.2, -0.15) is 0 Å². The first-order chi connectivity index (χ1) is 6.18. The first-order valence-corrected chi connectivity index (χ1v) is 5.16. The van der Waals surface area contributed by atoms with Crippen molar-refractivity contribution >= 4 is 18.3 Å². The van der Waals surface area contributed by atoms with Gasteiger partial charge in [0.2, 0.25) is 5.91 Å². The molecule has 0 radical (unpaired) electrons. The maximum atomic E-state index is 11.3. The van der Waals surface area contributed by atoms with Crippen molar-refractivity contribution in [3.05, 3.63) is 0 Å². The zero-order valence-corrected chi connectivity index (χ0v) is 9.82. The fourth-order valence-corrected chi connectivity index (χ4v) is 1.59. The number of rotatable bonds is 4. The van der Waals surface area contributed by atoms with Gasteiger partial charge in [-0.3, -0.25) is 4.79 Å². The maximum absolute atomic E-state index is 11.3. The molecular weight excluding hydrogens is 200 g/mol. The molecule has 3 nitrogen and oxygen atoms in total. The second-order valence-corrected chi connectivity index (χ2v) is 4.26. The van der Waals surface area contributed by atoms with E-state index in [9.17, 15) is 4.79 Å². The van der Waals surface area contributed by atoms with Gasteiger partial charge in [0.05, 0.1) is 0 Å². The molecule has 1 amide bonds. The zero-order valence-electron chi connectivity index (χ0n) is 9.01. The van der Waals surface area contributed by atoms with Crippen LogP contribution < -0.4 is 10.6 Å². The summed E-state index contributed by atoms with van der Waals surface area (Å²) in [4.78, 5) is 11.3. The number of halogens is 1. The molecule has 1 aliphatic heterocycles. The van der Waals surface area contributed by atoms with E-state index in [1.807, 2.05) is 0 Å². The minimum Gasteiger partial charge on any atom is -0.356 e. The lowest BCUT2D eigenvalue weighted by Crippen LogP contribution is -2.30. The van der Waals surface area contributed by atoms with Crippen LogP contribution in [0, 0.1) is 11.8 Å². The SMILES string of the molecule is CC(C)CC(=O)NC[C@@H]1CCNC1.Cl. The molecule has 84 valence electrons. The van der Waals surface area contributed by atoms with Crippen LogP contribution in [0.4, 0.5) is 0 Å². The van der Waals surface area contributed by atoms with Crippen molar-refractivity contribution < 1.29 is 4.79 Å². The van der Waals surface area contributed by atoms with Gasteiger partial charge in [0.15, 0.2) is 0 Å². The highest BCUT2D eigenvalue weighted by atomic mass is 35.5. The molecule has 1 atom stereocenters. The van der Waals surface area contributed by atoms with E-state index < -0.39 is 0 Å². The third-order valence-corrected chi connectivity index (χ3v) is 2.34. The molecule has 0 spiro atoms. The summed E-state index contributed by atoms with van der Waals surface area (Å²) in [6, 6.07) is 0. The van der Waals surface area contributed by atoms with Crippen molar-refractivity contribution in [2.24, 2.45) is 11.8 Å². The summed E-state index contributed by atoms with van der Waals surface area (Å²) < 4.78 is 0. The maximum Gasteiger partial charge on any atom is 0.220 e. The van der Waals surface area contributed by atoms with Crippen molar-refractivity contribution in [1.82, 2.24) is 10.6 Å². The van der Waals surface area contributed by atoms with E-state index in [-0.39, 0.29) is 18.3 Å². The highest BCUT2D eigenvalue weighted by Gasteiger charge is 2.15. The Morgan fingerprint density at radius 3 is 2.79 bits per heavy atom. The molecule has 0 aliphatic carbocycles. The lowest BCUT2D eigenvalue weighted by Gasteiger charge is -2.10. The van der Waals surface area contributed by atoms with E-state index in [0.717, 1.165) is 19.6 Å². The van der Waals surface area contributed by atoms with Gasteiger partial charge in [-0.05, 0) is 31.3 Å². The molecule has 1 rings (SSSR count). The third-order valence-electron chi connectivity index (χ3n) is 2.34. The van der Waals surface area contributed by atoms with Crippen molar-refractivity contribution in [3.8, 4) is 0 Å². The average molecular weight is 221 g/mol. The van der Waals surface area contributed by atoms with E-state index in [4.69, 9.17) is 0 Å². The first-order valence-electron chi connectivity index (χ1n) is 5.16. The predicted octanol–water partition coefficient (Wildman–Crippen LogP) is 1.18. The minimum absolute atomic E-state index is 0. The Morgan fingerprint density at radius 2 is 2.29 bits per heavy atom. The summed E-state index contributed by atoms with van der Waals surface area (Å²) in [6.45, 7) is 7.14. The van der Waals surface area contributed by atoms with Gasteiger partial charge < -0.3 is 10.6 Å². The number of carbonyl (C=O) groups excluding carboxylic acids is 1. The number of amides is 1. The summed E-state index contributed by atoms with van der Waals surface area (Å²) in [5.74, 6) is 1.31. The Kier molecular flexibility index (Phi) is 6.93. The van der Waals surface area contributed by atoms with Gasteiger partial charge in [0.25, 0.3) is 0 Å². The molecule has 1 heterocycles. The third kappa shape index (κ3) is 5.45. The Hall–Kier alpha value is -0.280. The monoisotopic (exact) mass is 220 g/mol. The fourth-order valence-electron chi connectivity index (χ4n) is 1.59. The molecule has 0 aromatic rings. The van der Waals surface area contributed by atoms with E-state index >= 15 is 0 Å². The van der Waals surface area contributed by atoms with E-state index in [1.165, 1.54) is 6.42 Å². The highest BCUT2D eigenvalue weighted by Crippen LogP contribution is 2.06. The molecule has 0 bridgehead atoms. The molecule has 0 unspecified atom stereocenters. The van der Waals surface area contributed by atoms with Crippen LogP contribution in [-0.4, -0.2) is 25.5 Å². The molecule has 1 fully saturated rings. The van der Waals surface area contributed by atoms with Crippen LogP contribution >= 0.6 is 12.4 Å². The quantitative estimate of drug-likeness (QED) is 0.747. The van der Waals surface area contributed by atoms with Crippen LogP contribution in [0.5, 0.6) is 0 Å². The Labute approximate surface area is 92.4 Å². The summed E-state index contributed by atoms with van der Waals surface area (Å²) >= 11 is 0. The van der Waals surface area contributed by atoms with Gasteiger partial charge in [-0.1, -0.05) is 13.8 Å². The molecule has 0 saturated carbocycles. The topological polar surface area (TPSA) is 41.1 Å². The van der Waals surface area contributed by atoms with Gasteiger partial charge in [0.1, 0.15) is 0 Å². The fraction of sp³-hybridized carbons (Fsp3) is 0.900. The van der Waals surface area contributed by atoms with Crippen molar-refractivity contribution in [2.45, 2.75) is 26.7 Å². The van der Waals surface area contributed by atoms with Gasteiger partial charge in [-0.25, -0.2) is 0 Å². The molecule has 2 N–H and O–H groups in total. The second kappa shape index (κ2) is 7.07. The smallest absolute Gasteiger partial charge is 0.220 e. The lowest BCUT2D eigenvalue weighted by molar-refractivity contribution is -0.121. The van der Waals surface area contributed by atoms with Crippen LogP contribution in [0.15, 0.2) is 0 Å². The Balaban J connectivity index is 0.00000169. The predicted molar refractivity (Wildman–Crippen MR) is 60.7 cm³/mol. The molecular formula is C10H21ClN2O. The Morgan fingerprint density at radius 1 is 1.57 bits per heavy atom. The van der Waals surface area contributed by atoms with Crippen molar-refractivity contribution in [3.63, 3.8) is 0 Å².